The van der Waals surface area contributed by atoms with Crippen LogP contribution in [0.3, 0.4) is 0 Å². The van der Waals surface area contributed by atoms with E-state index < -0.39 is 6.17 Å². The third kappa shape index (κ3) is 2.86. The first-order valence-electron chi connectivity index (χ1n) is 5.82. The molecule has 1 saturated heterocycles. The molecule has 1 saturated carbocycles. The fourth-order valence-electron chi connectivity index (χ4n) is 2.60. The highest BCUT2D eigenvalue weighted by atomic mass is 35.5. The largest absolute Gasteiger partial charge is 0.341 e. The number of hydrogen-bond donors (Lipinski definition) is 1. The summed E-state index contributed by atoms with van der Waals surface area (Å²) in [6.07, 6.45) is 4.13. The van der Waals surface area contributed by atoms with Gasteiger partial charge in [0.15, 0.2) is 0 Å². The predicted molar refractivity (Wildman–Crippen MR) is 63.6 cm³/mol. The van der Waals surface area contributed by atoms with Crippen LogP contribution in [0.15, 0.2) is 0 Å². The third-order valence-corrected chi connectivity index (χ3v) is 3.60. The molecule has 1 aliphatic heterocycles. The smallest absolute Gasteiger partial charge is 0.239 e. The molecular formula is C11H20ClFN2O. The van der Waals surface area contributed by atoms with Crippen molar-refractivity contribution in [3.05, 3.63) is 0 Å². The first kappa shape index (κ1) is 13.7. The van der Waals surface area contributed by atoms with Crippen molar-refractivity contribution in [2.24, 2.45) is 0 Å². The van der Waals surface area contributed by atoms with Gasteiger partial charge in [0.2, 0.25) is 5.91 Å². The highest BCUT2D eigenvalue weighted by Gasteiger charge is 2.33. The number of nitrogens with zero attached hydrogens (tertiary/aromatic N) is 1. The number of amides is 1. The first-order valence-corrected chi connectivity index (χ1v) is 5.82. The summed E-state index contributed by atoms with van der Waals surface area (Å²) in [7, 11) is 1.85. The monoisotopic (exact) mass is 250 g/mol. The van der Waals surface area contributed by atoms with Crippen molar-refractivity contribution in [3.63, 3.8) is 0 Å². The minimum Gasteiger partial charge on any atom is -0.341 e. The number of likely N-dealkylation sites (N-methyl/N-ethyl adjacent to an activating group) is 1. The third-order valence-electron chi connectivity index (χ3n) is 3.60. The van der Waals surface area contributed by atoms with Crippen LogP contribution in [0, 0.1) is 0 Å². The van der Waals surface area contributed by atoms with Gasteiger partial charge in [0, 0.05) is 26.1 Å². The molecule has 0 unspecified atom stereocenters. The van der Waals surface area contributed by atoms with E-state index in [0.717, 1.165) is 12.8 Å². The van der Waals surface area contributed by atoms with Gasteiger partial charge in [0.05, 0.1) is 6.04 Å². The fourth-order valence-corrected chi connectivity index (χ4v) is 2.60. The van der Waals surface area contributed by atoms with Crippen molar-refractivity contribution < 1.29 is 9.18 Å². The van der Waals surface area contributed by atoms with Crippen LogP contribution in [0.4, 0.5) is 4.39 Å². The summed E-state index contributed by atoms with van der Waals surface area (Å²) in [5.74, 6) is 0.0713. The van der Waals surface area contributed by atoms with Gasteiger partial charge < -0.3 is 10.2 Å². The zero-order valence-electron chi connectivity index (χ0n) is 9.62. The Morgan fingerprint density at radius 2 is 2.00 bits per heavy atom. The number of hydrogen-bond acceptors (Lipinski definition) is 2. The van der Waals surface area contributed by atoms with E-state index in [1.807, 2.05) is 11.9 Å². The minimum atomic E-state index is -0.851. The minimum absolute atomic E-state index is 0. The van der Waals surface area contributed by atoms with Gasteiger partial charge >= 0.3 is 0 Å². The second-order valence-electron chi connectivity index (χ2n) is 4.68. The highest BCUT2D eigenvalue weighted by Crippen LogP contribution is 2.24. The van der Waals surface area contributed by atoms with Crippen molar-refractivity contribution in [1.29, 1.82) is 0 Å². The lowest BCUT2D eigenvalue weighted by atomic mass is 10.1. The number of nitrogens with one attached hydrogen (secondary N) is 1. The van der Waals surface area contributed by atoms with Crippen LogP contribution in [0.25, 0.3) is 0 Å². The van der Waals surface area contributed by atoms with E-state index in [2.05, 4.69) is 5.32 Å². The van der Waals surface area contributed by atoms with Crippen molar-refractivity contribution >= 4 is 18.3 Å². The normalized spacial score (nSPS) is 30.1. The van der Waals surface area contributed by atoms with E-state index in [0.29, 0.717) is 19.0 Å². The lowest BCUT2D eigenvalue weighted by molar-refractivity contribution is -0.133. The number of rotatable bonds is 2. The Labute approximate surface area is 102 Å². The van der Waals surface area contributed by atoms with Crippen LogP contribution >= 0.6 is 12.4 Å². The average molecular weight is 251 g/mol. The topological polar surface area (TPSA) is 32.3 Å². The van der Waals surface area contributed by atoms with E-state index in [1.165, 1.54) is 12.8 Å². The molecule has 94 valence electrons. The molecule has 2 rings (SSSR count). The number of halogens is 2. The zero-order valence-corrected chi connectivity index (χ0v) is 10.4. The van der Waals surface area contributed by atoms with Gasteiger partial charge in [-0.25, -0.2) is 4.39 Å². The molecule has 0 radical (unpaired) electrons. The van der Waals surface area contributed by atoms with E-state index in [4.69, 9.17) is 0 Å². The van der Waals surface area contributed by atoms with E-state index in [-0.39, 0.29) is 24.4 Å². The summed E-state index contributed by atoms with van der Waals surface area (Å²) >= 11 is 0. The van der Waals surface area contributed by atoms with E-state index in [9.17, 15) is 9.18 Å². The van der Waals surface area contributed by atoms with Crippen LogP contribution in [0.5, 0.6) is 0 Å². The molecular weight excluding hydrogens is 231 g/mol. The Morgan fingerprint density at radius 1 is 1.38 bits per heavy atom. The molecule has 5 heteroatoms. The quantitative estimate of drug-likeness (QED) is 0.806. The van der Waals surface area contributed by atoms with Gasteiger partial charge in [-0.3, -0.25) is 4.79 Å². The lowest BCUT2D eigenvalue weighted by Gasteiger charge is -2.27. The second-order valence-corrected chi connectivity index (χ2v) is 4.68. The first-order chi connectivity index (χ1) is 7.18. The second kappa shape index (κ2) is 5.82. The maximum atomic E-state index is 12.9. The molecule has 1 amide bonds. The summed E-state index contributed by atoms with van der Waals surface area (Å²) in [5.41, 5.74) is 0. The average Bonchev–Trinajstić information content (AvgIpc) is 2.85. The Hall–Kier alpha value is -0.350. The van der Waals surface area contributed by atoms with Crippen molar-refractivity contribution in [3.8, 4) is 0 Å². The Balaban J connectivity index is 0.00000128. The molecule has 1 heterocycles. The van der Waals surface area contributed by atoms with Crippen LogP contribution in [0.2, 0.25) is 0 Å². The van der Waals surface area contributed by atoms with Gasteiger partial charge in [-0.05, 0) is 12.8 Å². The molecule has 1 N–H and O–H groups in total. The molecule has 0 aromatic rings. The maximum absolute atomic E-state index is 12.9. The van der Waals surface area contributed by atoms with Crippen molar-refractivity contribution in [1.82, 2.24) is 10.2 Å². The predicted octanol–water partition coefficient (Wildman–Crippen LogP) is 1.51. The molecule has 0 bridgehead atoms. The zero-order chi connectivity index (χ0) is 10.8. The Bertz CT molecular complexity index is 246. The van der Waals surface area contributed by atoms with E-state index >= 15 is 0 Å². The number of carbonyl (C=O) groups is 1. The summed E-state index contributed by atoms with van der Waals surface area (Å²) in [6.45, 7) is 0.328. The van der Waals surface area contributed by atoms with Crippen LogP contribution in [-0.2, 0) is 4.79 Å². The highest BCUT2D eigenvalue weighted by molar-refractivity contribution is 5.85. The Morgan fingerprint density at radius 3 is 2.50 bits per heavy atom. The molecule has 16 heavy (non-hydrogen) atoms. The molecule has 3 nitrogen and oxygen atoms in total. The number of alkyl halides is 1. The van der Waals surface area contributed by atoms with Crippen molar-refractivity contribution in [2.45, 2.75) is 50.4 Å². The van der Waals surface area contributed by atoms with Crippen LogP contribution in [-0.4, -0.2) is 42.7 Å². The van der Waals surface area contributed by atoms with Gasteiger partial charge in [-0.1, -0.05) is 12.8 Å². The van der Waals surface area contributed by atoms with E-state index in [1.54, 1.807) is 0 Å². The summed E-state index contributed by atoms with van der Waals surface area (Å²) in [5, 5.41) is 2.94. The summed E-state index contributed by atoms with van der Waals surface area (Å²) in [4.78, 5) is 13.8. The summed E-state index contributed by atoms with van der Waals surface area (Å²) < 4.78 is 12.9. The molecule has 2 aliphatic rings. The molecule has 1 aliphatic carbocycles. The van der Waals surface area contributed by atoms with Crippen molar-refractivity contribution in [2.75, 3.05) is 13.6 Å². The summed E-state index contributed by atoms with van der Waals surface area (Å²) in [6, 6.07) is 0.101. The van der Waals surface area contributed by atoms with Gasteiger partial charge in [0.25, 0.3) is 0 Å². The lowest BCUT2D eigenvalue weighted by Crippen LogP contribution is -2.45. The molecule has 2 atom stereocenters. The molecule has 2 fully saturated rings. The maximum Gasteiger partial charge on any atom is 0.239 e. The molecule has 0 spiro atoms. The fraction of sp³-hybridized carbons (Fsp3) is 0.909. The van der Waals surface area contributed by atoms with Crippen LogP contribution in [0.1, 0.15) is 32.1 Å². The Kier molecular flexibility index (Phi) is 4.99. The standard InChI is InChI=1S/C11H19FN2O.ClH/c1-14(9-4-2-3-5-9)11(15)10-6-8(12)7-13-10;/h8-10,13H,2-7H2,1H3;1H/t8-,10+;/m0./s1. The molecule has 0 aromatic carbocycles. The SMILES string of the molecule is CN(C(=O)[C@H]1C[C@H](F)CN1)C1CCCC1.Cl. The van der Waals surface area contributed by atoms with Gasteiger partial charge in [0.1, 0.15) is 6.17 Å². The number of carbonyl (C=O) groups excluding carboxylic acids is 1. The van der Waals surface area contributed by atoms with Crippen LogP contribution < -0.4 is 5.32 Å². The molecule has 0 aromatic heterocycles. The van der Waals surface area contributed by atoms with Gasteiger partial charge in [-0.15, -0.1) is 12.4 Å². The van der Waals surface area contributed by atoms with Gasteiger partial charge in [-0.2, -0.15) is 0 Å².